The SMILES string of the molecule is Cc1cccc2nc(C3CC3)c(S(=O)(=O)Cl)n12. The zero-order valence-electron chi connectivity index (χ0n) is 9.22. The van der Waals surface area contributed by atoms with E-state index < -0.39 is 9.05 Å². The normalized spacial score (nSPS) is 16.6. The van der Waals surface area contributed by atoms with Crippen LogP contribution in [0.2, 0.25) is 0 Å². The number of rotatable bonds is 2. The molecule has 1 saturated carbocycles. The Bertz CT molecular complexity index is 702. The molecule has 0 amide bonds. The summed E-state index contributed by atoms with van der Waals surface area (Å²) < 4.78 is 25.1. The molecule has 0 spiro atoms. The van der Waals surface area contributed by atoms with Crippen LogP contribution in [0.5, 0.6) is 0 Å². The lowest BCUT2D eigenvalue weighted by atomic mass is 10.3. The molecule has 4 nitrogen and oxygen atoms in total. The third kappa shape index (κ3) is 1.73. The second-order valence-electron chi connectivity index (χ2n) is 4.38. The van der Waals surface area contributed by atoms with Crippen LogP contribution in [0.15, 0.2) is 23.2 Å². The molecule has 0 saturated heterocycles. The number of hydrogen-bond acceptors (Lipinski definition) is 3. The molecule has 1 fully saturated rings. The summed E-state index contributed by atoms with van der Waals surface area (Å²) in [5.41, 5.74) is 2.08. The van der Waals surface area contributed by atoms with Crippen molar-refractivity contribution >= 4 is 25.4 Å². The molecular formula is C11H11ClN2O2S. The molecule has 6 heteroatoms. The number of imidazole rings is 1. The summed E-state index contributed by atoms with van der Waals surface area (Å²) in [6.07, 6.45) is 1.98. The molecule has 2 heterocycles. The first-order valence-corrected chi connectivity index (χ1v) is 7.72. The van der Waals surface area contributed by atoms with Gasteiger partial charge in [-0.15, -0.1) is 0 Å². The first-order valence-electron chi connectivity index (χ1n) is 5.41. The van der Waals surface area contributed by atoms with Gasteiger partial charge in [-0.05, 0) is 31.9 Å². The fraction of sp³-hybridized carbons (Fsp3) is 0.364. The number of aryl methyl sites for hydroxylation is 1. The van der Waals surface area contributed by atoms with E-state index in [9.17, 15) is 8.42 Å². The van der Waals surface area contributed by atoms with Gasteiger partial charge in [0.15, 0.2) is 5.03 Å². The van der Waals surface area contributed by atoms with Crippen molar-refractivity contribution in [3.8, 4) is 0 Å². The standard InChI is InChI=1S/C11H11ClN2O2S/c1-7-3-2-4-9-13-10(8-5-6-8)11(14(7)9)17(12,15)16/h2-4,8H,5-6H2,1H3. The van der Waals surface area contributed by atoms with Crippen molar-refractivity contribution in [2.24, 2.45) is 0 Å². The quantitative estimate of drug-likeness (QED) is 0.788. The van der Waals surface area contributed by atoms with E-state index in [0.29, 0.717) is 11.3 Å². The van der Waals surface area contributed by atoms with Crippen molar-refractivity contribution in [3.05, 3.63) is 29.6 Å². The number of pyridine rings is 1. The van der Waals surface area contributed by atoms with Crippen molar-refractivity contribution in [2.45, 2.75) is 30.7 Å². The molecule has 90 valence electrons. The Balaban J connectivity index is 2.45. The van der Waals surface area contributed by atoms with E-state index in [-0.39, 0.29) is 10.9 Å². The Morgan fingerprint density at radius 2 is 2.12 bits per heavy atom. The fourth-order valence-corrected chi connectivity index (χ4v) is 3.46. The predicted molar refractivity (Wildman–Crippen MR) is 64.9 cm³/mol. The van der Waals surface area contributed by atoms with Crippen LogP contribution in [0.4, 0.5) is 0 Å². The van der Waals surface area contributed by atoms with Crippen molar-refractivity contribution < 1.29 is 8.42 Å². The maximum atomic E-state index is 11.7. The highest BCUT2D eigenvalue weighted by Gasteiger charge is 2.34. The molecule has 0 aliphatic heterocycles. The van der Waals surface area contributed by atoms with E-state index in [2.05, 4.69) is 4.98 Å². The Labute approximate surface area is 104 Å². The molecule has 1 aliphatic carbocycles. The summed E-state index contributed by atoms with van der Waals surface area (Å²) in [6, 6.07) is 5.50. The lowest BCUT2D eigenvalue weighted by molar-refractivity contribution is 0.603. The fourth-order valence-electron chi connectivity index (χ4n) is 2.10. The zero-order chi connectivity index (χ0) is 12.2. The lowest BCUT2D eigenvalue weighted by Crippen LogP contribution is -2.02. The van der Waals surface area contributed by atoms with Gasteiger partial charge in [-0.2, -0.15) is 0 Å². The Morgan fingerprint density at radius 3 is 2.71 bits per heavy atom. The summed E-state index contributed by atoms with van der Waals surface area (Å²) in [4.78, 5) is 4.40. The molecule has 0 bridgehead atoms. The topological polar surface area (TPSA) is 51.4 Å². The molecule has 17 heavy (non-hydrogen) atoms. The molecule has 0 atom stereocenters. The van der Waals surface area contributed by atoms with E-state index in [1.807, 2.05) is 19.1 Å². The largest absolute Gasteiger partial charge is 0.286 e. The van der Waals surface area contributed by atoms with E-state index in [1.54, 1.807) is 10.5 Å². The Hall–Kier alpha value is -1.07. The number of hydrogen-bond donors (Lipinski definition) is 0. The molecule has 0 aromatic carbocycles. The third-order valence-corrected chi connectivity index (χ3v) is 4.31. The summed E-state index contributed by atoms with van der Waals surface area (Å²) in [5.74, 6) is 0.248. The number of nitrogens with zero attached hydrogens (tertiary/aromatic N) is 2. The molecule has 1 aliphatic rings. The van der Waals surface area contributed by atoms with Crippen LogP contribution >= 0.6 is 10.7 Å². The number of aromatic nitrogens is 2. The van der Waals surface area contributed by atoms with Gasteiger partial charge >= 0.3 is 0 Å². The van der Waals surface area contributed by atoms with Crippen LogP contribution in [0, 0.1) is 6.92 Å². The minimum atomic E-state index is -3.77. The Kier molecular flexibility index (Phi) is 2.25. The van der Waals surface area contributed by atoms with Gasteiger partial charge in [0.2, 0.25) is 0 Å². The van der Waals surface area contributed by atoms with Gasteiger partial charge in [-0.1, -0.05) is 6.07 Å². The van der Waals surface area contributed by atoms with Crippen LogP contribution in [-0.2, 0) is 9.05 Å². The molecule has 2 aromatic heterocycles. The van der Waals surface area contributed by atoms with Crippen molar-refractivity contribution in [1.82, 2.24) is 9.38 Å². The summed E-state index contributed by atoms with van der Waals surface area (Å²) in [6.45, 7) is 1.84. The van der Waals surface area contributed by atoms with E-state index in [1.165, 1.54) is 0 Å². The first-order chi connectivity index (χ1) is 7.98. The minimum Gasteiger partial charge on any atom is -0.286 e. The summed E-state index contributed by atoms with van der Waals surface area (Å²) in [7, 11) is 1.77. The summed E-state index contributed by atoms with van der Waals surface area (Å²) in [5, 5.41) is 0.148. The lowest BCUT2D eigenvalue weighted by Gasteiger charge is -2.03. The molecule has 3 rings (SSSR count). The van der Waals surface area contributed by atoms with Gasteiger partial charge < -0.3 is 0 Å². The van der Waals surface area contributed by atoms with Gasteiger partial charge in [0.05, 0.1) is 5.69 Å². The Morgan fingerprint density at radius 1 is 1.41 bits per heavy atom. The maximum Gasteiger partial charge on any atom is 0.279 e. The van der Waals surface area contributed by atoms with Crippen molar-refractivity contribution in [1.29, 1.82) is 0 Å². The van der Waals surface area contributed by atoms with Crippen molar-refractivity contribution in [2.75, 3.05) is 0 Å². The van der Waals surface area contributed by atoms with Gasteiger partial charge in [-0.3, -0.25) is 4.40 Å². The monoisotopic (exact) mass is 270 g/mol. The highest BCUT2D eigenvalue weighted by atomic mass is 35.7. The smallest absolute Gasteiger partial charge is 0.279 e. The van der Waals surface area contributed by atoms with Gasteiger partial charge in [0.25, 0.3) is 9.05 Å². The average molecular weight is 271 g/mol. The van der Waals surface area contributed by atoms with Crippen LogP contribution in [0.1, 0.15) is 30.1 Å². The molecule has 0 N–H and O–H groups in total. The summed E-state index contributed by atoms with van der Waals surface area (Å²) >= 11 is 0. The zero-order valence-corrected chi connectivity index (χ0v) is 10.8. The molecule has 0 unspecified atom stereocenters. The molecular weight excluding hydrogens is 260 g/mol. The number of halogens is 1. The number of fused-ring (bicyclic) bond motifs is 1. The maximum absolute atomic E-state index is 11.7. The van der Waals surface area contributed by atoms with Crippen LogP contribution in [-0.4, -0.2) is 17.8 Å². The van der Waals surface area contributed by atoms with Crippen LogP contribution in [0.3, 0.4) is 0 Å². The van der Waals surface area contributed by atoms with E-state index in [4.69, 9.17) is 10.7 Å². The second kappa shape index (κ2) is 3.46. The minimum absolute atomic E-state index is 0.148. The van der Waals surface area contributed by atoms with Gasteiger partial charge in [0.1, 0.15) is 5.65 Å². The van der Waals surface area contributed by atoms with Gasteiger partial charge in [-0.25, -0.2) is 13.4 Å². The second-order valence-corrected chi connectivity index (χ2v) is 6.86. The van der Waals surface area contributed by atoms with E-state index in [0.717, 1.165) is 18.5 Å². The first kappa shape index (κ1) is 11.0. The van der Waals surface area contributed by atoms with E-state index >= 15 is 0 Å². The third-order valence-electron chi connectivity index (χ3n) is 3.02. The van der Waals surface area contributed by atoms with Crippen LogP contribution < -0.4 is 0 Å². The molecule has 2 aromatic rings. The predicted octanol–water partition coefficient (Wildman–Crippen LogP) is 2.45. The van der Waals surface area contributed by atoms with Crippen LogP contribution in [0.25, 0.3) is 5.65 Å². The highest BCUT2D eigenvalue weighted by molar-refractivity contribution is 8.13. The van der Waals surface area contributed by atoms with Gasteiger partial charge in [0, 0.05) is 22.3 Å². The molecule has 0 radical (unpaired) electrons. The highest BCUT2D eigenvalue weighted by Crippen LogP contribution is 2.43. The van der Waals surface area contributed by atoms with Crippen molar-refractivity contribution in [3.63, 3.8) is 0 Å². The average Bonchev–Trinajstić information content (AvgIpc) is 2.97.